The van der Waals surface area contributed by atoms with Crippen LogP contribution in [0, 0.1) is 11.7 Å². The first-order valence-corrected chi connectivity index (χ1v) is 12.1. The second kappa shape index (κ2) is 8.21. The van der Waals surface area contributed by atoms with Crippen molar-refractivity contribution in [2.45, 2.75) is 74.7 Å². The highest BCUT2D eigenvalue weighted by Gasteiger charge is 2.57. The predicted molar refractivity (Wildman–Crippen MR) is 119 cm³/mol. The van der Waals surface area contributed by atoms with Crippen LogP contribution in [-0.2, 0) is 28.7 Å². The summed E-state index contributed by atoms with van der Waals surface area (Å²) in [7, 11) is 0. The Hall–Kier alpha value is -2.58. The average Bonchev–Trinajstić information content (AvgIpc) is 3.16. The molecule has 2 aromatic rings. The number of alkyl halides is 6. The Morgan fingerprint density at radius 3 is 2.33 bits per heavy atom. The van der Waals surface area contributed by atoms with E-state index in [1.54, 1.807) is 17.0 Å². The Labute approximate surface area is 204 Å². The van der Waals surface area contributed by atoms with Gasteiger partial charge >= 0.3 is 6.18 Å². The van der Waals surface area contributed by atoms with Crippen molar-refractivity contribution in [1.82, 2.24) is 4.90 Å². The molecule has 0 bridgehead atoms. The molecule has 1 saturated carbocycles. The van der Waals surface area contributed by atoms with Crippen LogP contribution in [0.5, 0.6) is 0 Å². The highest BCUT2D eigenvalue weighted by Crippen LogP contribution is 2.52. The van der Waals surface area contributed by atoms with Crippen LogP contribution in [0.15, 0.2) is 42.5 Å². The van der Waals surface area contributed by atoms with Gasteiger partial charge < -0.3 is 4.90 Å². The molecule has 5 rings (SSSR count). The van der Waals surface area contributed by atoms with Crippen molar-refractivity contribution in [3.05, 3.63) is 70.5 Å². The molecular formula is C27H26F7NO. The van der Waals surface area contributed by atoms with Crippen molar-refractivity contribution in [1.29, 1.82) is 0 Å². The van der Waals surface area contributed by atoms with Crippen molar-refractivity contribution < 1.29 is 35.5 Å². The van der Waals surface area contributed by atoms with Crippen LogP contribution in [0.4, 0.5) is 30.7 Å². The van der Waals surface area contributed by atoms with Crippen LogP contribution in [0.3, 0.4) is 0 Å². The normalized spacial score (nSPS) is 27.1. The summed E-state index contributed by atoms with van der Waals surface area (Å²) in [6, 6.07) is 9.49. The molecule has 1 saturated heterocycles. The molecule has 1 aliphatic heterocycles. The third kappa shape index (κ3) is 3.98. The second-order valence-corrected chi connectivity index (χ2v) is 10.6. The van der Waals surface area contributed by atoms with Gasteiger partial charge in [0, 0.05) is 36.8 Å². The number of hydrogen-bond donors (Lipinski definition) is 0. The lowest BCUT2D eigenvalue weighted by atomic mass is 9.63. The van der Waals surface area contributed by atoms with Crippen molar-refractivity contribution in [2.75, 3.05) is 6.54 Å². The SMILES string of the molecule is CC(F)(c1ccc2c(c1)CC[C@H]1N(C(=O)C3CC(F)(F)C3)CC[C@@]21Cc1ccc(F)cc1)C(F)(F)F. The van der Waals surface area contributed by atoms with E-state index in [-0.39, 0.29) is 11.9 Å². The smallest absolute Gasteiger partial charge is 0.339 e. The molecule has 3 atom stereocenters. The number of nitrogens with zero attached hydrogens (tertiary/aromatic N) is 1. The molecule has 0 radical (unpaired) electrons. The maximum Gasteiger partial charge on any atom is 0.426 e. The molecule has 0 aromatic heterocycles. The van der Waals surface area contributed by atoms with Crippen LogP contribution in [0.1, 0.15) is 54.9 Å². The van der Waals surface area contributed by atoms with Crippen molar-refractivity contribution in [2.24, 2.45) is 5.92 Å². The Bertz CT molecular complexity index is 1170. The quantitative estimate of drug-likeness (QED) is 0.420. The van der Waals surface area contributed by atoms with Crippen molar-refractivity contribution in [3.63, 3.8) is 0 Å². The number of rotatable bonds is 4. The molecule has 36 heavy (non-hydrogen) atoms. The number of carbonyl (C=O) groups is 1. The van der Waals surface area contributed by atoms with Gasteiger partial charge in [-0.25, -0.2) is 17.6 Å². The van der Waals surface area contributed by atoms with Gasteiger partial charge in [-0.05, 0) is 67.0 Å². The number of carbonyl (C=O) groups excluding carboxylic acids is 1. The summed E-state index contributed by atoms with van der Waals surface area (Å²) < 4.78 is 95.3. The van der Waals surface area contributed by atoms with Crippen molar-refractivity contribution in [3.8, 4) is 0 Å². The van der Waals surface area contributed by atoms with Gasteiger partial charge in [0.25, 0.3) is 0 Å². The minimum absolute atomic E-state index is 0.319. The molecule has 2 nitrogen and oxygen atoms in total. The molecule has 2 aromatic carbocycles. The van der Waals surface area contributed by atoms with Crippen LogP contribution in [-0.4, -0.2) is 35.5 Å². The van der Waals surface area contributed by atoms with Crippen LogP contribution in [0.25, 0.3) is 0 Å². The van der Waals surface area contributed by atoms with E-state index in [0.717, 1.165) is 17.2 Å². The maximum atomic E-state index is 14.7. The number of amides is 1. The van der Waals surface area contributed by atoms with Crippen LogP contribution < -0.4 is 0 Å². The van der Waals surface area contributed by atoms with Gasteiger partial charge in [0.2, 0.25) is 17.5 Å². The summed E-state index contributed by atoms with van der Waals surface area (Å²) in [5.41, 5.74) is -2.59. The number of aryl methyl sites for hydroxylation is 1. The lowest BCUT2D eigenvalue weighted by Gasteiger charge is -2.45. The van der Waals surface area contributed by atoms with Gasteiger partial charge in [0.05, 0.1) is 0 Å². The first-order chi connectivity index (χ1) is 16.7. The first kappa shape index (κ1) is 25.1. The summed E-state index contributed by atoms with van der Waals surface area (Å²) in [5, 5.41) is 0. The number of benzene rings is 2. The van der Waals surface area contributed by atoms with E-state index in [1.165, 1.54) is 24.3 Å². The van der Waals surface area contributed by atoms with Crippen LogP contribution >= 0.6 is 0 Å². The van der Waals surface area contributed by atoms with Gasteiger partial charge in [-0.1, -0.05) is 30.3 Å². The molecule has 9 heteroatoms. The van der Waals surface area contributed by atoms with E-state index in [9.17, 15) is 35.5 Å². The average molecular weight is 513 g/mol. The predicted octanol–water partition coefficient (Wildman–Crippen LogP) is 6.65. The Morgan fingerprint density at radius 1 is 1.06 bits per heavy atom. The third-order valence-corrected chi connectivity index (χ3v) is 8.37. The molecule has 1 unspecified atom stereocenters. The molecule has 3 aliphatic rings. The molecular weight excluding hydrogens is 487 g/mol. The number of likely N-dealkylation sites (tertiary alicyclic amines) is 1. The zero-order chi connectivity index (χ0) is 26.1. The molecule has 1 amide bonds. The largest absolute Gasteiger partial charge is 0.426 e. The zero-order valence-corrected chi connectivity index (χ0v) is 19.6. The second-order valence-electron chi connectivity index (χ2n) is 10.6. The highest BCUT2D eigenvalue weighted by molar-refractivity contribution is 5.81. The van der Waals surface area contributed by atoms with Crippen LogP contribution in [0.2, 0.25) is 0 Å². The summed E-state index contributed by atoms with van der Waals surface area (Å²) in [4.78, 5) is 14.8. The fourth-order valence-electron chi connectivity index (χ4n) is 6.32. The highest BCUT2D eigenvalue weighted by atomic mass is 19.4. The Balaban J connectivity index is 1.54. The van der Waals surface area contributed by atoms with E-state index in [4.69, 9.17) is 0 Å². The Morgan fingerprint density at radius 2 is 1.72 bits per heavy atom. The van der Waals surface area contributed by atoms with E-state index in [1.807, 2.05) is 0 Å². The van der Waals surface area contributed by atoms with Gasteiger partial charge in [-0.15, -0.1) is 0 Å². The molecule has 1 heterocycles. The summed E-state index contributed by atoms with van der Waals surface area (Å²) in [5.74, 6) is -4.31. The number of hydrogen-bond acceptors (Lipinski definition) is 1. The van der Waals surface area contributed by atoms with E-state index >= 15 is 0 Å². The topological polar surface area (TPSA) is 20.3 Å². The number of fused-ring (bicyclic) bond motifs is 3. The first-order valence-electron chi connectivity index (χ1n) is 12.1. The van der Waals surface area contributed by atoms with E-state index < -0.39 is 53.3 Å². The third-order valence-electron chi connectivity index (χ3n) is 8.37. The number of halogens is 7. The van der Waals surface area contributed by atoms with Crippen molar-refractivity contribution >= 4 is 5.91 Å². The lowest BCUT2D eigenvalue weighted by molar-refractivity contribution is -0.228. The minimum Gasteiger partial charge on any atom is -0.339 e. The minimum atomic E-state index is -5.08. The summed E-state index contributed by atoms with van der Waals surface area (Å²) >= 11 is 0. The standard InChI is InChI=1S/C27H26F7NO/c1-24(29,27(32,33)34)19-5-8-21-17(12-19)4-9-22-25(21,13-16-2-6-20(28)7-3-16)10-11-35(22)23(36)18-14-26(30,31)15-18/h2-3,5-8,12,18,22H,4,9-11,13-15H2,1H3/t22-,24?,25-/m1/s1. The zero-order valence-electron chi connectivity index (χ0n) is 19.6. The molecule has 194 valence electrons. The fraction of sp³-hybridized carbons (Fsp3) is 0.519. The van der Waals surface area contributed by atoms with Gasteiger partial charge in [-0.2, -0.15) is 13.2 Å². The molecule has 0 spiro atoms. The fourth-order valence-corrected chi connectivity index (χ4v) is 6.32. The Kier molecular flexibility index (Phi) is 5.72. The van der Waals surface area contributed by atoms with Gasteiger partial charge in [-0.3, -0.25) is 4.79 Å². The monoisotopic (exact) mass is 513 g/mol. The van der Waals surface area contributed by atoms with E-state index in [2.05, 4.69) is 0 Å². The molecule has 2 aliphatic carbocycles. The molecule has 2 fully saturated rings. The summed E-state index contributed by atoms with van der Waals surface area (Å²) in [6.07, 6.45) is -4.42. The maximum absolute atomic E-state index is 14.7. The lowest BCUT2D eigenvalue weighted by Crippen LogP contribution is -2.53. The van der Waals surface area contributed by atoms with Gasteiger partial charge in [0.15, 0.2) is 0 Å². The molecule has 0 N–H and O–H groups in total. The summed E-state index contributed by atoms with van der Waals surface area (Å²) in [6.45, 7) is 0.830. The van der Waals surface area contributed by atoms with E-state index in [0.29, 0.717) is 44.7 Å². The van der Waals surface area contributed by atoms with Gasteiger partial charge in [0.1, 0.15) is 5.82 Å².